The first kappa shape index (κ1) is 14.9. The first-order valence-corrected chi connectivity index (χ1v) is 6.91. The average molecular weight is 283 g/mol. The normalized spacial score (nSPS) is 19.3. The Labute approximate surface area is 118 Å². The first-order chi connectivity index (χ1) is 9.74. The van der Waals surface area contributed by atoms with Crippen LogP contribution in [0.4, 0.5) is 0 Å². The number of nitrogens with zero attached hydrogens (tertiary/aromatic N) is 3. The molecule has 1 aromatic heterocycles. The second kappa shape index (κ2) is 7.35. The number of methoxy groups -OCH3 is 1. The Morgan fingerprint density at radius 1 is 1.55 bits per heavy atom. The molecular formula is C13H21N3O4. The molecule has 0 aliphatic carbocycles. The molecule has 0 aromatic carbocycles. The van der Waals surface area contributed by atoms with E-state index in [2.05, 4.69) is 10.1 Å². The van der Waals surface area contributed by atoms with Gasteiger partial charge in [-0.25, -0.2) is 0 Å². The van der Waals surface area contributed by atoms with Crippen molar-refractivity contribution in [2.75, 3.05) is 33.4 Å². The maximum absolute atomic E-state index is 11.8. The summed E-state index contributed by atoms with van der Waals surface area (Å²) in [6, 6.07) is 0. The summed E-state index contributed by atoms with van der Waals surface area (Å²) < 4.78 is 15.3. The Morgan fingerprint density at radius 3 is 3.15 bits per heavy atom. The number of rotatable bonds is 6. The fourth-order valence-electron chi connectivity index (χ4n) is 2.31. The lowest BCUT2D eigenvalue weighted by Crippen LogP contribution is -2.41. The molecule has 112 valence electrons. The number of carbonyl (C=O) groups excluding carboxylic acids is 1. The van der Waals surface area contributed by atoms with Gasteiger partial charge < -0.3 is 18.9 Å². The average Bonchev–Trinajstić information content (AvgIpc) is 2.94. The molecule has 20 heavy (non-hydrogen) atoms. The Kier molecular flexibility index (Phi) is 5.49. The van der Waals surface area contributed by atoms with E-state index in [0.29, 0.717) is 31.5 Å². The monoisotopic (exact) mass is 283 g/mol. The first-order valence-electron chi connectivity index (χ1n) is 6.91. The molecule has 7 nitrogen and oxygen atoms in total. The van der Waals surface area contributed by atoms with E-state index >= 15 is 0 Å². The van der Waals surface area contributed by atoms with E-state index in [4.69, 9.17) is 14.0 Å². The Morgan fingerprint density at radius 2 is 2.40 bits per heavy atom. The molecule has 1 unspecified atom stereocenters. The topological polar surface area (TPSA) is 77.7 Å². The van der Waals surface area contributed by atoms with Crippen molar-refractivity contribution in [2.24, 2.45) is 0 Å². The number of hydrogen-bond donors (Lipinski definition) is 0. The van der Waals surface area contributed by atoms with E-state index in [-0.39, 0.29) is 18.4 Å². The zero-order chi connectivity index (χ0) is 14.4. The lowest BCUT2D eigenvalue weighted by molar-refractivity contribution is -0.136. The molecule has 1 saturated heterocycles. The van der Waals surface area contributed by atoms with E-state index < -0.39 is 0 Å². The fraction of sp³-hybridized carbons (Fsp3) is 0.769. The highest BCUT2D eigenvalue weighted by Crippen LogP contribution is 2.25. The molecule has 0 spiro atoms. The third-order valence-corrected chi connectivity index (χ3v) is 3.32. The molecule has 1 aliphatic rings. The van der Waals surface area contributed by atoms with Crippen molar-refractivity contribution in [3.63, 3.8) is 0 Å². The molecule has 0 bridgehead atoms. The third kappa shape index (κ3) is 3.77. The van der Waals surface area contributed by atoms with Crippen LogP contribution in [0, 0.1) is 0 Å². The van der Waals surface area contributed by atoms with Crippen molar-refractivity contribution in [3.05, 3.63) is 11.7 Å². The van der Waals surface area contributed by atoms with E-state index in [1.807, 2.05) is 6.92 Å². The van der Waals surface area contributed by atoms with Gasteiger partial charge in [-0.1, -0.05) is 5.16 Å². The number of piperidine rings is 1. The van der Waals surface area contributed by atoms with Gasteiger partial charge in [0, 0.05) is 32.7 Å². The van der Waals surface area contributed by atoms with Crippen LogP contribution in [0.15, 0.2) is 4.52 Å². The maximum atomic E-state index is 11.8. The van der Waals surface area contributed by atoms with Crippen LogP contribution in [-0.2, 0) is 20.9 Å². The maximum Gasteiger partial charge on any atom is 0.252 e. The van der Waals surface area contributed by atoms with Gasteiger partial charge in [-0.15, -0.1) is 0 Å². The van der Waals surface area contributed by atoms with Gasteiger partial charge in [0.1, 0.15) is 13.2 Å². The third-order valence-electron chi connectivity index (χ3n) is 3.32. The van der Waals surface area contributed by atoms with Gasteiger partial charge in [-0.3, -0.25) is 4.79 Å². The standard InChI is InChI=1S/C13H21N3O4/c1-3-19-8-11-14-13(15-20-11)10-5-4-6-16(7-10)12(17)9-18-2/h10H,3-9H2,1-2H3. The van der Waals surface area contributed by atoms with Crippen LogP contribution in [0.2, 0.25) is 0 Å². The highest BCUT2D eigenvalue weighted by atomic mass is 16.5. The molecule has 1 amide bonds. The molecule has 1 atom stereocenters. The molecule has 0 N–H and O–H groups in total. The van der Waals surface area contributed by atoms with Gasteiger partial charge in [0.25, 0.3) is 5.89 Å². The molecule has 2 heterocycles. The number of amides is 1. The molecule has 7 heteroatoms. The number of likely N-dealkylation sites (tertiary alicyclic amines) is 1. The smallest absolute Gasteiger partial charge is 0.252 e. The van der Waals surface area contributed by atoms with Crippen molar-refractivity contribution in [3.8, 4) is 0 Å². The Hall–Kier alpha value is -1.47. The van der Waals surface area contributed by atoms with Crippen molar-refractivity contribution in [1.29, 1.82) is 0 Å². The summed E-state index contributed by atoms with van der Waals surface area (Å²) in [6.45, 7) is 4.37. The number of hydrogen-bond acceptors (Lipinski definition) is 6. The number of aromatic nitrogens is 2. The molecule has 1 aliphatic heterocycles. The molecular weight excluding hydrogens is 262 g/mol. The Bertz CT molecular complexity index is 435. The van der Waals surface area contributed by atoms with Crippen LogP contribution in [0.3, 0.4) is 0 Å². The predicted octanol–water partition coefficient (Wildman–Crippen LogP) is 0.958. The Balaban J connectivity index is 1.94. The summed E-state index contributed by atoms with van der Waals surface area (Å²) in [5.74, 6) is 1.29. The van der Waals surface area contributed by atoms with Crippen molar-refractivity contribution in [1.82, 2.24) is 15.0 Å². The zero-order valence-corrected chi connectivity index (χ0v) is 12.0. The second-order valence-corrected chi connectivity index (χ2v) is 4.80. The molecule has 1 aromatic rings. The van der Waals surface area contributed by atoms with Gasteiger partial charge in [-0.2, -0.15) is 4.98 Å². The predicted molar refractivity (Wildman–Crippen MR) is 70.1 cm³/mol. The number of carbonyl (C=O) groups is 1. The highest BCUT2D eigenvalue weighted by Gasteiger charge is 2.27. The van der Waals surface area contributed by atoms with Crippen molar-refractivity contribution < 1.29 is 18.8 Å². The largest absolute Gasteiger partial charge is 0.375 e. The van der Waals surface area contributed by atoms with Crippen LogP contribution in [0.1, 0.15) is 37.4 Å². The van der Waals surface area contributed by atoms with Crippen molar-refractivity contribution >= 4 is 5.91 Å². The second-order valence-electron chi connectivity index (χ2n) is 4.80. The molecule has 0 saturated carbocycles. The summed E-state index contributed by atoms with van der Waals surface area (Å²) in [5, 5.41) is 4.00. The lowest BCUT2D eigenvalue weighted by Gasteiger charge is -2.31. The SMILES string of the molecule is CCOCc1nc(C2CCCN(C(=O)COC)C2)no1. The molecule has 1 fully saturated rings. The van der Waals surface area contributed by atoms with Gasteiger partial charge in [0.05, 0.1) is 0 Å². The summed E-state index contributed by atoms with van der Waals surface area (Å²) >= 11 is 0. The lowest BCUT2D eigenvalue weighted by atomic mass is 9.97. The van der Waals surface area contributed by atoms with Crippen LogP contribution in [0.25, 0.3) is 0 Å². The van der Waals surface area contributed by atoms with E-state index in [1.165, 1.54) is 7.11 Å². The van der Waals surface area contributed by atoms with Crippen LogP contribution in [0.5, 0.6) is 0 Å². The summed E-state index contributed by atoms with van der Waals surface area (Å²) in [4.78, 5) is 18.0. The van der Waals surface area contributed by atoms with Crippen LogP contribution < -0.4 is 0 Å². The van der Waals surface area contributed by atoms with Gasteiger partial charge in [-0.05, 0) is 19.8 Å². The minimum atomic E-state index is 0.00948. The minimum Gasteiger partial charge on any atom is -0.375 e. The van der Waals surface area contributed by atoms with Gasteiger partial charge in [0.2, 0.25) is 5.91 Å². The highest BCUT2D eigenvalue weighted by molar-refractivity contribution is 5.77. The van der Waals surface area contributed by atoms with Gasteiger partial charge in [0.15, 0.2) is 5.82 Å². The van der Waals surface area contributed by atoms with Crippen LogP contribution in [-0.4, -0.2) is 54.4 Å². The number of ether oxygens (including phenoxy) is 2. The van der Waals surface area contributed by atoms with E-state index in [0.717, 1.165) is 19.4 Å². The quantitative estimate of drug-likeness (QED) is 0.774. The van der Waals surface area contributed by atoms with Crippen LogP contribution >= 0.6 is 0 Å². The summed E-state index contributed by atoms with van der Waals surface area (Å²) in [7, 11) is 1.53. The molecule has 0 radical (unpaired) electrons. The minimum absolute atomic E-state index is 0.00948. The summed E-state index contributed by atoms with van der Waals surface area (Å²) in [6.07, 6.45) is 1.90. The zero-order valence-electron chi connectivity index (χ0n) is 12.0. The summed E-state index contributed by atoms with van der Waals surface area (Å²) in [5.41, 5.74) is 0. The van der Waals surface area contributed by atoms with E-state index in [9.17, 15) is 4.79 Å². The molecule has 2 rings (SSSR count). The van der Waals surface area contributed by atoms with Gasteiger partial charge >= 0.3 is 0 Å². The van der Waals surface area contributed by atoms with Crippen molar-refractivity contribution in [2.45, 2.75) is 32.3 Å². The van der Waals surface area contributed by atoms with E-state index in [1.54, 1.807) is 4.90 Å². The fourth-order valence-corrected chi connectivity index (χ4v) is 2.31.